The quantitative estimate of drug-likeness (QED) is 0.768. The first-order valence-electron chi connectivity index (χ1n) is 8.65. The minimum absolute atomic E-state index is 0.133. The van der Waals surface area contributed by atoms with Gasteiger partial charge in [-0.25, -0.2) is 0 Å². The van der Waals surface area contributed by atoms with Gasteiger partial charge in [0.15, 0.2) is 17.3 Å². The van der Waals surface area contributed by atoms with E-state index in [2.05, 4.69) is 21.0 Å². The summed E-state index contributed by atoms with van der Waals surface area (Å²) < 4.78 is 15.6. The zero-order valence-electron chi connectivity index (χ0n) is 15.5. The highest BCUT2D eigenvalue weighted by Crippen LogP contribution is 2.32. The van der Waals surface area contributed by atoms with E-state index in [0.717, 1.165) is 0 Å². The Balaban J connectivity index is 1.40. The van der Waals surface area contributed by atoms with Crippen LogP contribution in [0.5, 0.6) is 11.5 Å². The number of aromatic nitrogens is 2. The fourth-order valence-electron chi connectivity index (χ4n) is 2.36. The molecule has 2 heterocycles. The van der Waals surface area contributed by atoms with Crippen molar-refractivity contribution < 1.29 is 23.6 Å². The highest BCUT2D eigenvalue weighted by atomic mass is 16.7. The number of amides is 2. The molecule has 3 rings (SSSR count). The van der Waals surface area contributed by atoms with Crippen molar-refractivity contribution in [1.29, 1.82) is 0 Å². The third kappa shape index (κ3) is 4.75. The number of fused-ring (bicyclic) bond motifs is 1. The highest BCUT2D eigenvalue weighted by molar-refractivity contribution is 5.96. The Morgan fingerprint density at radius 3 is 2.67 bits per heavy atom. The largest absolute Gasteiger partial charge is 0.454 e. The van der Waals surface area contributed by atoms with Crippen molar-refractivity contribution in [3.05, 3.63) is 35.5 Å². The zero-order chi connectivity index (χ0) is 19.4. The van der Waals surface area contributed by atoms with E-state index in [0.29, 0.717) is 41.6 Å². The zero-order valence-corrected chi connectivity index (χ0v) is 15.5. The smallest absolute Gasteiger partial charge is 0.269 e. The Kier molecular flexibility index (Phi) is 5.29. The van der Waals surface area contributed by atoms with E-state index < -0.39 is 5.91 Å². The number of aryl methyl sites for hydroxylation is 1. The topological polar surface area (TPSA) is 116 Å². The molecular weight excluding hydrogens is 352 g/mol. The van der Waals surface area contributed by atoms with Gasteiger partial charge < -0.3 is 14.0 Å². The lowest BCUT2D eigenvalue weighted by atomic mass is 9.96. The Morgan fingerprint density at radius 2 is 1.93 bits per heavy atom. The molecule has 0 bridgehead atoms. The molecule has 0 spiro atoms. The Morgan fingerprint density at radius 1 is 1.15 bits per heavy atom. The summed E-state index contributed by atoms with van der Waals surface area (Å²) in [5.41, 5.74) is 4.94. The van der Waals surface area contributed by atoms with E-state index in [9.17, 15) is 9.59 Å². The van der Waals surface area contributed by atoms with Crippen molar-refractivity contribution in [3.8, 4) is 11.5 Å². The first kappa shape index (κ1) is 18.7. The van der Waals surface area contributed by atoms with Gasteiger partial charge in [0.05, 0.1) is 0 Å². The van der Waals surface area contributed by atoms with Crippen LogP contribution in [0.4, 0.5) is 0 Å². The number of ether oxygens (including phenoxy) is 2. The van der Waals surface area contributed by atoms with Crippen LogP contribution >= 0.6 is 0 Å². The van der Waals surface area contributed by atoms with Gasteiger partial charge >= 0.3 is 0 Å². The summed E-state index contributed by atoms with van der Waals surface area (Å²) in [4.78, 5) is 28.3. The molecule has 0 radical (unpaired) electrons. The molecule has 0 saturated heterocycles. The van der Waals surface area contributed by atoms with Crippen molar-refractivity contribution in [1.82, 2.24) is 21.0 Å². The van der Waals surface area contributed by atoms with E-state index in [-0.39, 0.29) is 24.5 Å². The third-order valence-corrected chi connectivity index (χ3v) is 3.88. The number of benzene rings is 1. The summed E-state index contributed by atoms with van der Waals surface area (Å²) in [5, 5.41) is 3.94. The summed E-state index contributed by atoms with van der Waals surface area (Å²) >= 11 is 0. The van der Waals surface area contributed by atoms with Crippen molar-refractivity contribution in [2.75, 3.05) is 6.79 Å². The fraction of sp³-hybridized carbons (Fsp3) is 0.444. The maximum absolute atomic E-state index is 12.1. The average Bonchev–Trinajstić information content (AvgIpc) is 3.27. The van der Waals surface area contributed by atoms with E-state index in [1.807, 2.05) is 20.8 Å². The van der Waals surface area contributed by atoms with Gasteiger partial charge in [-0.1, -0.05) is 25.9 Å². The van der Waals surface area contributed by atoms with Gasteiger partial charge in [-0.2, -0.15) is 4.98 Å². The second-order valence-corrected chi connectivity index (χ2v) is 7.19. The minimum atomic E-state index is -0.437. The molecule has 27 heavy (non-hydrogen) atoms. The number of hydrazine groups is 1. The maximum atomic E-state index is 12.1. The van der Waals surface area contributed by atoms with Crippen LogP contribution in [0.1, 0.15) is 55.7 Å². The molecule has 0 aliphatic carbocycles. The number of carbonyl (C=O) groups is 2. The van der Waals surface area contributed by atoms with Crippen LogP contribution in [-0.4, -0.2) is 28.7 Å². The lowest BCUT2D eigenvalue weighted by molar-refractivity contribution is -0.121. The van der Waals surface area contributed by atoms with Crippen LogP contribution in [0.3, 0.4) is 0 Å². The SMILES string of the molecule is CC(C)(C)c1noc(CCCC(=O)NNC(=O)c2ccc3c(c2)OCO3)n1. The molecule has 0 unspecified atom stereocenters. The second-order valence-electron chi connectivity index (χ2n) is 7.19. The average molecular weight is 374 g/mol. The normalized spacial score (nSPS) is 12.7. The maximum Gasteiger partial charge on any atom is 0.269 e. The molecule has 9 heteroatoms. The minimum Gasteiger partial charge on any atom is -0.454 e. The first-order valence-corrected chi connectivity index (χ1v) is 8.65. The Labute approximate surface area is 156 Å². The molecule has 2 aromatic rings. The van der Waals surface area contributed by atoms with Crippen LogP contribution in [0, 0.1) is 0 Å². The molecule has 1 aliphatic rings. The van der Waals surface area contributed by atoms with Crippen molar-refractivity contribution in [2.24, 2.45) is 0 Å². The van der Waals surface area contributed by atoms with E-state index in [4.69, 9.17) is 14.0 Å². The fourth-order valence-corrected chi connectivity index (χ4v) is 2.36. The number of carbonyl (C=O) groups excluding carboxylic acids is 2. The summed E-state index contributed by atoms with van der Waals surface area (Å²) in [6.07, 6.45) is 1.23. The molecule has 1 aromatic carbocycles. The molecule has 1 aromatic heterocycles. The van der Waals surface area contributed by atoms with Crippen molar-refractivity contribution >= 4 is 11.8 Å². The summed E-state index contributed by atoms with van der Waals surface area (Å²) in [5.74, 6) is 1.48. The lowest BCUT2D eigenvalue weighted by Gasteiger charge is -2.10. The van der Waals surface area contributed by atoms with Crippen molar-refractivity contribution in [3.63, 3.8) is 0 Å². The van der Waals surface area contributed by atoms with Crippen LogP contribution in [0.2, 0.25) is 0 Å². The van der Waals surface area contributed by atoms with Crippen LogP contribution in [0.25, 0.3) is 0 Å². The molecule has 1 aliphatic heterocycles. The summed E-state index contributed by atoms with van der Waals surface area (Å²) in [7, 11) is 0. The molecule has 0 fully saturated rings. The lowest BCUT2D eigenvalue weighted by Crippen LogP contribution is -2.41. The predicted molar refractivity (Wildman–Crippen MR) is 94.1 cm³/mol. The second kappa shape index (κ2) is 7.65. The standard InChI is InChI=1S/C18H22N4O5/c1-18(2,3)17-19-15(27-22-17)6-4-5-14(23)20-21-16(24)11-7-8-12-13(9-11)26-10-25-12/h7-9H,4-6,10H2,1-3H3,(H,20,23)(H,21,24). The van der Waals surface area contributed by atoms with Gasteiger partial charge in [0.25, 0.3) is 5.91 Å². The molecule has 2 N–H and O–H groups in total. The van der Waals surface area contributed by atoms with Crippen LogP contribution in [0.15, 0.2) is 22.7 Å². The third-order valence-electron chi connectivity index (χ3n) is 3.88. The molecule has 0 saturated carbocycles. The summed E-state index contributed by atoms with van der Waals surface area (Å²) in [6.45, 7) is 6.13. The molecule has 144 valence electrons. The number of nitrogens with one attached hydrogen (secondary N) is 2. The van der Waals surface area contributed by atoms with Crippen LogP contribution in [-0.2, 0) is 16.6 Å². The monoisotopic (exact) mass is 374 g/mol. The van der Waals surface area contributed by atoms with Gasteiger partial charge in [0, 0.05) is 23.8 Å². The molecular formula is C18H22N4O5. The highest BCUT2D eigenvalue weighted by Gasteiger charge is 2.21. The van der Waals surface area contributed by atoms with Gasteiger partial charge in [-0.15, -0.1) is 0 Å². The van der Waals surface area contributed by atoms with Gasteiger partial charge in [-0.05, 0) is 24.6 Å². The molecule has 2 amide bonds. The first-order chi connectivity index (χ1) is 12.8. The van der Waals surface area contributed by atoms with Crippen LogP contribution < -0.4 is 20.3 Å². The van der Waals surface area contributed by atoms with E-state index in [1.165, 1.54) is 0 Å². The number of hydrogen-bond donors (Lipinski definition) is 2. The van der Waals surface area contributed by atoms with E-state index in [1.54, 1.807) is 18.2 Å². The number of nitrogens with zero attached hydrogens (tertiary/aromatic N) is 2. The van der Waals surface area contributed by atoms with E-state index >= 15 is 0 Å². The summed E-state index contributed by atoms with van der Waals surface area (Å²) in [6, 6.07) is 4.80. The van der Waals surface area contributed by atoms with Crippen molar-refractivity contribution in [2.45, 2.75) is 45.4 Å². The number of hydrogen-bond acceptors (Lipinski definition) is 7. The Hall–Kier alpha value is -3.10. The van der Waals surface area contributed by atoms with Gasteiger partial charge in [0.1, 0.15) is 0 Å². The predicted octanol–water partition coefficient (Wildman–Crippen LogP) is 1.88. The van der Waals surface area contributed by atoms with Gasteiger partial charge in [-0.3, -0.25) is 20.4 Å². The molecule has 9 nitrogen and oxygen atoms in total. The van der Waals surface area contributed by atoms with Gasteiger partial charge in [0.2, 0.25) is 18.6 Å². The molecule has 0 atom stereocenters. The Bertz CT molecular complexity index is 841. The number of rotatable bonds is 5.